The molecule has 4 rings (SSSR count). The van der Waals surface area contributed by atoms with Gasteiger partial charge in [0.25, 0.3) is 5.91 Å². The van der Waals surface area contributed by atoms with E-state index in [-0.39, 0.29) is 49.9 Å². The van der Waals surface area contributed by atoms with Gasteiger partial charge in [-0.3, -0.25) is 24.2 Å². The Balaban J connectivity index is 1.69. The predicted octanol–water partition coefficient (Wildman–Crippen LogP) is 3.82. The number of Topliss-reactive ketones (excluding diaryl/α,β-unsaturated/α-hetero) is 1. The normalized spacial score (nSPS) is 29.2. The Hall–Kier alpha value is -5.12. The van der Waals surface area contributed by atoms with Gasteiger partial charge in [0.2, 0.25) is 11.8 Å². The second-order valence-electron chi connectivity index (χ2n) is 16.8. The van der Waals surface area contributed by atoms with E-state index >= 15 is 0 Å². The van der Waals surface area contributed by atoms with E-state index in [1.807, 2.05) is 0 Å². The lowest BCUT2D eigenvalue weighted by Gasteiger charge is -2.36. The summed E-state index contributed by atoms with van der Waals surface area (Å²) in [6, 6.07) is 2.91. The van der Waals surface area contributed by atoms with Crippen LogP contribution < -0.4 is 16.1 Å². The molecule has 8 atom stereocenters. The minimum Gasteiger partial charge on any atom is -0.508 e. The number of rotatable bonds is 10. The number of nitrogens with zero attached hydrogens (tertiary/aromatic N) is 1. The molecule has 1 saturated carbocycles. The van der Waals surface area contributed by atoms with Gasteiger partial charge in [0.15, 0.2) is 0 Å². The number of aliphatic hydroxyl groups excluding tert-OH is 2. The monoisotopic (exact) mass is 848 g/mol. The van der Waals surface area contributed by atoms with Crippen molar-refractivity contribution in [1.29, 1.82) is 0 Å². The average Bonchev–Trinajstić information content (AvgIpc) is 3.73. The number of allylic oxidation sites excluding steroid dienone is 4. The fourth-order valence-electron chi connectivity index (χ4n) is 7.64. The molecular formula is C46H64N4O11. The molecule has 1 aromatic carbocycles. The van der Waals surface area contributed by atoms with Crippen molar-refractivity contribution in [2.45, 2.75) is 141 Å². The molecule has 1 aromatic rings. The summed E-state index contributed by atoms with van der Waals surface area (Å²) in [5.41, 5.74) is 4.15. The maximum Gasteiger partial charge on any atom is 0.331 e. The quantitative estimate of drug-likeness (QED) is 0.113. The van der Waals surface area contributed by atoms with E-state index in [9.17, 15) is 44.1 Å². The number of phenolic OH excluding ortho intramolecular Hbond substituents is 1. The Labute approximate surface area is 358 Å². The summed E-state index contributed by atoms with van der Waals surface area (Å²) in [5.74, 6) is -5.84. The maximum absolute atomic E-state index is 14.3. The molecule has 61 heavy (non-hydrogen) atoms. The van der Waals surface area contributed by atoms with Crippen molar-refractivity contribution in [2.24, 2.45) is 17.8 Å². The number of aliphatic hydroxyl groups is 2. The number of fused-ring (bicyclic) bond motifs is 2. The molecule has 0 radical (unpaired) electrons. The van der Waals surface area contributed by atoms with Gasteiger partial charge in [-0.05, 0) is 88.0 Å². The molecule has 0 spiro atoms. The second-order valence-corrected chi connectivity index (χ2v) is 16.8. The highest BCUT2D eigenvalue weighted by Gasteiger charge is 2.38. The Morgan fingerprint density at radius 2 is 1.74 bits per heavy atom. The number of carbonyl (C=O) groups is 6. The zero-order chi connectivity index (χ0) is 44.6. The summed E-state index contributed by atoms with van der Waals surface area (Å²) in [6.07, 6.45) is 12.0. The van der Waals surface area contributed by atoms with Crippen molar-refractivity contribution in [3.8, 4) is 5.75 Å². The van der Waals surface area contributed by atoms with Crippen molar-refractivity contribution in [3.05, 3.63) is 77.9 Å². The third kappa shape index (κ3) is 15.1. The van der Waals surface area contributed by atoms with E-state index in [4.69, 9.17) is 9.47 Å². The molecule has 1 aliphatic carbocycles. The van der Waals surface area contributed by atoms with Crippen molar-refractivity contribution in [2.75, 3.05) is 6.54 Å². The molecule has 2 fully saturated rings. The molecule has 3 amide bonds. The van der Waals surface area contributed by atoms with Gasteiger partial charge in [-0.2, -0.15) is 0 Å². The Bertz CT molecular complexity index is 1820. The van der Waals surface area contributed by atoms with Gasteiger partial charge < -0.3 is 40.2 Å². The molecule has 2 bridgehead atoms. The minimum absolute atomic E-state index is 0.0284. The standard InChI is InChI=1S/C46H64N4O11/c1-28(2)41-44(57)47-37(27-32-15-12-16-33(52)26-32)45(58)50-25-13-19-36(49-50)46(59)61-39(29(3)14-11-22-40(54)60-34-17-9-10-18-34)21-8-6-7-20-38(53)31(5)42(55)35(43(56)48-41)24-23-30(4)51/h6-8,11-12,14-16,20,22,26,28,31,34-39,41-42,49,52-53,55H,9-10,13,17-19,21,23-25,27H2,1-5H3,(H,47,57)(H,48,56)/b8-6+,20-7+,22-11+,29-14+/t31-,35+,36?,37-,38-,39-,41-,42+/m0/s1. The number of cyclic esters (lactones) is 1. The Morgan fingerprint density at radius 3 is 2.43 bits per heavy atom. The van der Waals surface area contributed by atoms with Crippen LogP contribution in [0.25, 0.3) is 0 Å². The SMILES string of the molecule is CC(=O)CC[C@H]1C(=O)N[C@@H](C(C)C)C(=O)N[C@@H](Cc2cccc(O)c2)C(=O)N2CCCC(N2)C(=O)O[C@H](/C(C)=C/C=C/C(=O)OC2CCCC2)C/C=C/C=C/[C@H](O)[C@H](C)[C@H]1O. The third-order valence-corrected chi connectivity index (χ3v) is 11.4. The van der Waals surface area contributed by atoms with Crippen molar-refractivity contribution in [1.82, 2.24) is 21.1 Å². The summed E-state index contributed by atoms with van der Waals surface area (Å²) >= 11 is 0. The number of hydrogen-bond donors (Lipinski definition) is 6. The summed E-state index contributed by atoms with van der Waals surface area (Å²) in [4.78, 5) is 80.6. The number of esters is 2. The number of hydrogen-bond acceptors (Lipinski definition) is 12. The Morgan fingerprint density at radius 1 is 1.00 bits per heavy atom. The lowest BCUT2D eigenvalue weighted by atomic mass is 9.84. The molecule has 2 aliphatic heterocycles. The first-order valence-corrected chi connectivity index (χ1v) is 21.4. The number of amides is 3. The highest BCUT2D eigenvalue weighted by molar-refractivity contribution is 5.93. The lowest BCUT2D eigenvalue weighted by Crippen LogP contribution is -2.62. The molecule has 2 heterocycles. The molecule has 3 aliphatic rings. The van der Waals surface area contributed by atoms with E-state index in [0.717, 1.165) is 25.7 Å². The molecule has 6 N–H and O–H groups in total. The molecule has 0 aromatic heterocycles. The molecule has 1 unspecified atom stereocenters. The van der Waals surface area contributed by atoms with Crippen LogP contribution in [0.3, 0.4) is 0 Å². The first-order chi connectivity index (χ1) is 29.0. The number of phenols is 1. The predicted molar refractivity (Wildman–Crippen MR) is 227 cm³/mol. The fraction of sp³-hybridized carbons (Fsp3) is 0.565. The van der Waals surface area contributed by atoms with E-state index in [0.29, 0.717) is 24.0 Å². The van der Waals surface area contributed by atoms with Crippen molar-refractivity contribution in [3.63, 3.8) is 0 Å². The van der Waals surface area contributed by atoms with Crippen LogP contribution in [0.1, 0.15) is 98.0 Å². The van der Waals surface area contributed by atoms with Gasteiger partial charge in [0.05, 0.1) is 18.1 Å². The van der Waals surface area contributed by atoms with Crippen LogP contribution in [-0.2, 0) is 44.7 Å². The van der Waals surface area contributed by atoms with Crippen LogP contribution in [-0.4, -0.2) is 105 Å². The topological polar surface area (TPSA) is 221 Å². The summed E-state index contributed by atoms with van der Waals surface area (Å²) in [5, 5.41) is 39.6. The first kappa shape index (κ1) is 48.5. The number of ether oxygens (including phenoxy) is 2. The van der Waals surface area contributed by atoms with Gasteiger partial charge in [-0.1, -0.05) is 69.4 Å². The van der Waals surface area contributed by atoms with Crippen LogP contribution in [0.4, 0.5) is 0 Å². The number of ketones is 1. The van der Waals surface area contributed by atoms with Gasteiger partial charge in [-0.15, -0.1) is 0 Å². The van der Waals surface area contributed by atoms with Crippen molar-refractivity contribution >= 4 is 35.4 Å². The van der Waals surface area contributed by atoms with Gasteiger partial charge in [-0.25, -0.2) is 10.2 Å². The lowest BCUT2D eigenvalue weighted by molar-refractivity contribution is -0.156. The number of aromatic hydroxyl groups is 1. The smallest absolute Gasteiger partial charge is 0.331 e. The molecule has 334 valence electrons. The van der Waals surface area contributed by atoms with Crippen LogP contribution >= 0.6 is 0 Å². The van der Waals surface area contributed by atoms with E-state index < -0.39 is 83.9 Å². The largest absolute Gasteiger partial charge is 0.508 e. The van der Waals surface area contributed by atoms with Crippen molar-refractivity contribution < 1.29 is 53.6 Å². The second kappa shape index (κ2) is 23.8. The average molecular weight is 849 g/mol. The van der Waals surface area contributed by atoms with Crippen LogP contribution in [0.5, 0.6) is 5.75 Å². The van der Waals surface area contributed by atoms with Crippen LogP contribution in [0.2, 0.25) is 0 Å². The molecule has 15 heteroatoms. The van der Waals surface area contributed by atoms with Gasteiger partial charge in [0.1, 0.15) is 41.9 Å². The summed E-state index contributed by atoms with van der Waals surface area (Å²) in [7, 11) is 0. The van der Waals surface area contributed by atoms with E-state index in [2.05, 4.69) is 16.1 Å². The first-order valence-electron chi connectivity index (χ1n) is 21.4. The minimum atomic E-state index is -1.42. The molecule has 15 nitrogen and oxygen atoms in total. The fourth-order valence-corrected chi connectivity index (χ4v) is 7.64. The zero-order valence-corrected chi connectivity index (χ0v) is 36.0. The number of benzene rings is 1. The highest BCUT2D eigenvalue weighted by atomic mass is 16.5. The number of hydrazine groups is 1. The maximum atomic E-state index is 14.3. The van der Waals surface area contributed by atoms with Gasteiger partial charge in [0, 0.05) is 37.8 Å². The molecular weight excluding hydrogens is 785 g/mol. The van der Waals surface area contributed by atoms with Crippen LogP contribution in [0, 0.1) is 17.8 Å². The van der Waals surface area contributed by atoms with E-state index in [1.54, 1.807) is 70.2 Å². The van der Waals surface area contributed by atoms with E-state index in [1.165, 1.54) is 36.2 Å². The van der Waals surface area contributed by atoms with Crippen LogP contribution in [0.15, 0.2) is 72.4 Å². The number of nitrogens with one attached hydrogen (secondary N) is 3. The summed E-state index contributed by atoms with van der Waals surface area (Å²) in [6.45, 7) is 8.32. The molecule has 1 saturated heterocycles. The van der Waals surface area contributed by atoms with Gasteiger partial charge >= 0.3 is 11.9 Å². The third-order valence-electron chi connectivity index (χ3n) is 11.4. The zero-order valence-electron chi connectivity index (χ0n) is 36.0. The highest BCUT2D eigenvalue weighted by Crippen LogP contribution is 2.25. The Kier molecular flexibility index (Phi) is 18.9. The summed E-state index contributed by atoms with van der Waals surface area (Å²) < 4.78 is 11.5. The number of carbonyl (C=O) groups excluding carboxylic acids is 6.